The lowest BCUT2D eigenvalue weighted by atomic mass is 10.3. The molecule has 0 aliphatic carbocycles. The molecule has 2 heterocycles. The first-order valence-corrected chi connectivity index (χ1v) is 5.04. The average molecular weight is 255 g/mol. The molecule has 2 rings (SSSR count). The van der Waals surface area contributed by atoms with E-state index in [1.807, 2.05) is 0 Å². The minimum atomic E-state index is -0.310. The van der Waals surface area contributed by atoms with Crippen molar-refractivity contribution in [3.05, 3.63) is 28.2 Å². The number of nitrogen functional groups attached to an aromatic ring is 1. The zero-order chi connectivity index (χ0) is 10.1. The zero-order valence-electron chi connectivity index (χ0n) is 7.12. The molecule has 0 saturated carbocycles. The van der Waals surface area contributed by atoms with Gasteiger partial charge in [-0.25, -0.2) is 9.97 Å². The summed E-state index contributed by atoms with van der Waals surface area (Å²) in [5.41, 5.74) is 6.69. The minimum absolute atomic E-state index is 0.107. The predicted molar refractivity (Wildman–Crippen MR) is 57.2 cm³/mol. The Labute approximate surface area is 87.5 Å². The van der Waals surface area contributed by atoms with Gasteiger partial charge in [-0.1, -0.05) is 15.9 Å². The quantitative estimate of drug-likeness (QED) is 0.738. The highest BCUT2D eigenvalue weighted by atomic mass is 79.9. The van der Waals surface area contributed by atoms with E-state index in [9.17, 15) is 4.79 Å². The lowest BCUT2D eigenvalue weighted by Crippen LogP contribution is -2.12. The van der Waals surface area contributed by atoms with Crippen molar-refractivity contribution in [3.8, 4) is 0 Å². The zero-order valence-corrected chi connectivity index (χ0v) is 8.71. The van der Waals surface area contributed by atoms with Crippen LogP contribution in [0.2, 0.25) is 0 Å². The third kappa shape index (κ3) is 1.48. The van der Waals surface area contributed by atoms with Crippen LogP contribution < -0.4 is 11.3 Å². The number of hydrogen-bond donors (Lipinski definition) is 2. The minimum Gasteiger partial charge on any atom is -0.369 e. The maximum atomic E-state index is 11.4. The smallest absolute Gasteiger partial charge is 0.278 e. The Morgan fingerprint density at radius 1 is 1.43 bits per heavy atom. The van der Waals surface area contributed by atoms with E-state index >= 15 is 0 Å². The lowest BCUT2D eigenvalue weighted by molar-refractivity contribution is 1.14. The van der Waals surface area contributed by atoms with Crippen LogP contribution in [0.3, 0.4) is 0 Å². The van der Waals surface area contributed by atoms with Gasteiger partial charge in [-0.15, -0.1) is 0 Å². The number of nitrogens with zero attached hydrogens (tertiary/aromatic N) is 2. The van der Waals surface area contributed by atoms with Crippen molar-refractivity contribution in [2.45, 2.75) is 5.33 Å². The van der Waals surface area contributed by atoms with Crippen LogP contribution >= 0.6 is 15.9 Å². The molecule has 0 fully saturated rings. The third-order valence-electron chi connectivity index (χ3n) is 1.77. The Hall–Kier alpha value is -1.43. The molecule has 5 nitrogen and oxygen atoms in total. The van der Waals surface area contributed by atoms with E-state index in [1.54, 1.807) is 12.1 Å². The number of nitrogens with two attached hydrogens (primary N) is 1. The molecule has 0 unspecified atom stereocenters. The number of hydrogen-bond acceptors (Lipinski definition) is 4. The fraction of sp³-hybridized carbons (Fsp3) is 0.125. The number of nitrogens with one attached hydrogen (secondary N) is 1. The summed E-state index contributed by atoms with van der Waals surface area (Å²) in [5.74, 6) is 0.107. The number of anilines is 1. The van der Waals surface area contributed by atoms with Gasteiger partial charge in [0.2, 0.25) is 5.95 Å². The number of H-pyrrole nitrogens is 1. The van der Waals surface area contributed by atoms with Crippen molar-refractivity contribution < 1.29 is 0 Å². The molecular formula is C8H7BrN4O. The molecule has 0 spiro atoms. The molecule has 0 radical (unpaired) electrons. The number of alkyl halides is 1. The topological polar surface area (TPSA) is 84.7 Å². The molecule has 72 valence electrons. The fourth-order valence-corrected chi connectivity index (χ4v) is 1.47. The molecule has 0 saturated heterocycles. The summed E-state index contributed by atoms with van der Waals surface area (Å²) in [6.45, 7) is 0. The molecule has 0 amide bonds. The molecule has 0 aliphatic rings. The van der Waals surface area contributed by atoms with Crippen LogP contribution in [-0.4, -0.2) is 15.0 Å². The van der Waals surface area contributed by atoms with Gasteiger partial charge in [0.05, 0.1) is 11.2 Å². The van der Waals surface area contributed by atoms with Gasteiger partial charge < -0.3 is 5.73 Å². The van der Waals surface area contributed by atoms with Crippen molar-refractivity contribution in [1.29, 1.82) is 0 Å². The number of aromatic amines is 1. The van der Waals surface area contributed by atoms with Gasteiger partial charge in [-0.3, -0.25) is 9.78 Å². The van der Waals surface area contributed by atoms with E-state index in [4.69, 9.17) is 5.73 Å². The summed E-state index contributed by atoms with van der Waals surface area (Å²) in [6, 6.07) is 3.52. The summed E-state index contributed by atoms with van der Waals surface area (Å²) in [4.78, 5) is 21.9. The molecule has 3 N–H and O–H groups in total. The van der Waals surface area contributed by atoms with Crippen molar-refractivity contribution in [3.63, 3.8) is 0 Å². The Kier molecular flexibility index (Phi) is 2.20. The number of aromatic nitrogens is 3. The second-order valence-electron chi connectivity index (χ2n) is 2.76. The number of fused-ring (bicyclic) bond motifs is 1. The van der Waals surface area contributed by atoms with E-state index in [-0.39, 0.29) is 11.5 Å². The van der Waals surface area contributed by atoms with E-state index in [1.165, 1.54) is 0 Å². The van der Waals surface area contributed by atoms with Crippen LogP contribution in [0.15, 0.2) is 16.9 Å². The van der Waals surface area contributed by atoms with Crippen LogP contribution in [0, 0.1) is 0 Å². The predicted octanol–water partition coefficient (Wildman–Crippen LogP) is 0.795. The average Bonchev–Trinajstić information content (AvgIpc) is 2.17. The van der Waals surface area contributed by atoms with Crippen LogP contribution in [0.4, 0.5) is 5.95 Å². The van der Waals surface area contributed by atoms with Gasteiger partial charge in [0.1, 0.15) is 0 Å². The van der Waals surface area contributed by atoms with E-state index in [0.717, 1.165) is 5.69 Å². The Morgan fingerprint density at radius 2 is 2.21 bits per heavy atom. The highest BCUT2D eigenvalue weighted by molar-refractivity contribution is 9.08. The SMILES string of the molecule is Nc1nc2ccc(CBr)nc2c(=O)[nH]1. The van der Waals surface area contributed by atoms with Crippen LogP contribution in [0.1, 0.15) is 5.69 Å². The molecule has 2 aromatic rings. The summed E-state index contributed by atoms with van der Waals surface area (Å²) >= 11 is 3.26. The standard InChI is InChI=1S/C8H7BrN4O/c9-3-4-1-2-5-6(11-4)7(14)13-8(10)12-5/h1-2H,3H2,(H3,10,12,13,14). The third-order valence-corrected chi connectivity index (χ3v) is 2.34. The molecule has 0 aliphatic heterocycles. The molecule has 0 atom stereocenters. The maximum Gasteiger partial charge on any atom is 0.278 e. The maximum absolute atomic E-state index is 11.4. The molecule has 14 heavy (non-hydrogen) atoms. The second-order valence-corrected chi connectivity index (χ2v) is 3.32. The summed E-state index contributed by atoms with van der Waals surface area (Å²) in [5, 5.41) is 0.604. The lowest BCUT2D eigenvalue weighted by Gasteiger charge is -1.99. The second kappa shape index (κ2) is 3.38. The summed E-state index contributed by atoms with van der Waals surface area (Å²) < 4.78 is 0. The van der Waals surface area contributed by atoms with Crippen LogP contribution in [0.5, 0.6) is 0 Å². The Bertz CT molecular complexity index is 536. The highest BCUT2D eigenvalue weighted by Crippen LogP contribution is 2.08. The molecular weight excluding hydrogens is 248 g/mol. The molecule has 0 aromatic carbocycles. The molecule has 2 aromatic heterocycles. The normalized spacial score (nSPS) is 10.6. The van der Waals surface area contributed by atoms with Crippen molar-refractivity contribution in [2.24, 2.45) is 0 Å². The van der Waals surface area contributed by atoms with E-state index < -0.39 is 0 Å². The van der Waals surface area contributed by atoms with Crippen LogP contribution in [0.25, 0.3) is 11.0 Å². The Balaban J connectivity index is 2.82. The van der Waals surface area contributed by atoms with Gasteiger partial charge in [-0.2, -0.15) is 0 Å². The monoisotopic (exact) mass is 254 g/mol. The number of pyridine rings is 1. The van der Waals surface area contributed by atoms with Gasteiger partial charge >= 0.3 is 0 Å². The first-order chi connectivity index (χ1) is 6.70. The van der Waals surface area contributed by atoms with E-state index in [2.05, 4.69) is 30.9 Å². The van der Waals surface area contributed by atoms with Crippen molar-refractivity contribution in [2.75, 3.05) is 5.73 Å². The van der Waals surface area contributed by atoms with Crippen LogP contribution in [-0.2, 0) is 5.33 Å². The highest BCUT2D eigenvalue weighted by Gasteiger charge is 2.03. The first-order valence-electron chi connectivity index (χ1n) is 3.92. The number of rotatable bonds is 1. The van der Waals surface area contributed by atoms with Gasteiger partial charge in [0, 0.05) is 5.33 Å². The van der Waals surface area contributed by atoms with E-state index in [0.29, 0.717) is 16.4 Å². The van der Waals surface area contributed by atoms with Crippen molar-refractivity contribution >= 4 is 32.9 Å². The summed E-state index contributed by atoms with van der Waals surface area (Å²) in [7, 11) is 0. The van der Waals surface area contributed by atoms with Gasteiger partial charge in [-0.05, 0) is 12.1 Å². The molecule has 0 bridgehead atoms. The van der Waals surface area contributed by atoms with Gasteiger partial charge in [0.15, 0.2) is 5.52 Å². The first kappa shape index (κ1) is 9.14. The largest absolute Gasteiger partial charge is 0.369 e. The van der Waals surface area contributed by atoms with Gasteiger partial charge in [0.25, 0.3) is 5.56 Å². The molecule has 6 heteroatoms. The van der Waals surface area contributed by atoms with Crippen molar-refractivity contribution in [1.82, 2.24) is 15.0 Å². The Morgan fingerprint density at radius 3 is 2.93 bits per heavy atom. The summed E-state index contributed by atoms with van der Waals surface area (Å²) in [6.07, 6.45) is 0. The fourth-order valence-electron chi connectivity index (χ4n) is 1.16. The number of halogens is 1.